The van der Waals surface area contributed by atoms with Crippen LogP contribution in [0.5, 0.6) is 0 Å². The van der Waals surface area contributed by atoms with Crippen LogP contribution in [0.1, 0.15) is 12.7 Å². The van der Waals surface area contributed by atoms with Crippen LogP contribution in [0.25, 0.3) is 0 Å². The molecule has 0 spiro atoms. The normalized spacial score (nSPS) is 15.3. The van der Waals surface area contributed by atoms with Gasteiger partial charge in [-0.05, 0) is 25.1 Å². The van der Waals surface area contributed by atoms with E-state index in [9.17, 15) is 19.4 Å². The molecule has 0 saturated heterocycles. The van der Waals surface area contributed by atoms with Crippen LogP contribution in [0.2, 0.25) is 0 Å². The van der Waals surface area contributed by atoms with Gasteiger partial charge in [-0.25, -0.2) is 4.98 Å². The Kier molecular flexibility index (Phi) is 3.20. The maximum atomic E-state index is 12.7. The number of benzene rings is 1. The Bertz CT molecular complexity index is 652. The van der Waals surface area contributed by atoms with E-state index in [1.54, 1.807) is 4.68 Å². The fourth-order valence-electron chi connectivity index (χ4n) is 1.59. The van der Waals surface area contributed by atoms with Gasteiger partial charge in [0, 0.05) is 12.2 Å². The second-order valence-electron chi connectivity index (χ2n) is 4.37. The van der Waals surface area contributed by atoms with Gasteiger partial charge in [-0.1, -0.05) is 25.5 Å². The van der Waals surface area contributed by atoms with Gasteiger partial charge in [-0.3, -0.25) is 4.68 Å². The van der Waals surface area contributed by atoms with Crippen molar-refractivity contribution >= 4 is 15.9 Å². The number of hydrogen-bond donors (Lipinski definition) is 1. The lowest BCUT2D eigenvalue weighted by Crippen LogP contribution is -2.07. The molecule has 0 radical (unpaired) electrons. The predicted octanol–water partition coefficient (Wildman–Crippen LogP) is 4.57. The number of nitrogens with one attached hydrogen (secondary N) is 1. The molecule has 0 saturated carbocycles. The quantitative estimate of drug-likeness (QED) is 0.818. The summed E-state index contributed by atoms with van der Waals surface area (Å²) in [5, 5.41) is 6.61. The van der Waals surface area contributed by atoms with Crippen LogP contribution in [0.4, 0.5) is 25.1 Å². The van der Waals surface area contributed by atoms with Gasteiger partial charge in [0.2, 0.25) is 0 Å². The Morgan fingerprint density at radius 2 is 1.90 bits per heavy atom. The number of aromatic nitrogens is 3. The molecule has 1 N–H and O–H groups in total. The lowest BCUT2D eigenvalue weighted by Gasteiger charge is -2.40. The summed E-state index contributed by atoms with van der Waals surface area (Å²) in [4.78, 5) is 2.00. The van der Waals surface area contributed by atoms with E-state index in [-0.39, 0.29) is 12.2 Å². The van der Waals surface area contributed by atoms with Crippen LogP contribution in [-0.4, -0.2) is 14.8 Å². The van der Waals surface area contributed by atoms with Crippen LogP contribution in [0.3, 0.4) is 0 Å². The van der Waals surface area contributed by atoms with Crippen LogP contribution in [-0.2, 0) is 13.1 Å². The molecular weight excluding hydrogens is 315 g/mol. The molecule has 2 rings (SSSR count). The van der Waals surface area contributed by atoms with Crippen molar-refractivity contribution in [1.82, 2.24) is 14.8 Å². The maximum absolute atomic E-state index is 12.7. The number of rotatable bonds is 5. The van der Waals surface area contributed by atoms with Crippen molar-refractivity contribution in [3.63, 3.8) is 0 Å². The predicted molar refractivity (Wildman–Crippen MR) is 70.9 cm³/mol. The van der Waals surface area contributed by atoms with Gasteiger partial charge >= 0.3 is 10.2 Å². The lowest BCUT2D eigenvalue weighted by atomic mass is 10.3. The van der Waals surface area contributed by atoms with Crippen LogP contribution in [0.15, 0.2) is 35.5 Å². The van der Waals surface area contributed by atoms with Crippen molar-refractivity contribution in [3.8, 4) is 0 Å². The molecule has 1 aromatic carbocycles. The molecule has 0 aliphatic rings. The molecule has 0 unspecified atom stereocenters. The first-order chi connectivity index (χ1) is 9.47. The molecule has 1 heterocycles. The first kappa shape index (κ1) is 15.5. The van der Waals surface area contributed by atoms with E-state index in [1.165, 1.54) is 12.4 Å². The summed E-state index contributed by atoms with van der Waals surface area (Å²) in [7, 11) is -9.66. The van der Waals surface area contributed by atoms with E-state index < -0.39 is 15.1 Å². The zero-order valence-corrected chi connectivity index (χ0v) is 11.8. The second-order valence-corrected chi connectivity index (χ2v) is 6.78. The molecule has 4 nitrogen and oxygen atoms in total. The molecule has 0 amide bonds. The summed E-state index contributed by atoms with van der Waals surface area (Å²) in [5.41, 5.74) is -0.0754. The highest BCUT2D eigenvalue weighted by atomic mass is 32.5. The monoisotopic (exact) mass is 328 g/mol. The average Bonchev–Trinajstić information content (AvgIpc) is 2.82. The van der Waals surface area contributed by atoms with E-state index in [1.807, 2.05) is 6.92 Å². The highest BCUT2D eigenvalue weighted by molar-refractivity contribution is 8.45. The highest BCUT2D eigenvalue weighted by Crippen LogP contribution is 3.02. The third kappa shape index (κ3) is 4.06. The molecule has 21 heavy (non-hydrogen) atoms. The van der Waals surface area contributed by atoms with Crippen molar-refractivity contribution in [3.05, 3.63) is 36.4 Å². The van der Waals surface area contributed by atoms with Gasteiger partial charge in [0.15, 0.2) is 5.82 Å². The number of aryl methyl sites for hydroxylation is 1. The van der Waals surface area contributed by atoms with E-state index in [0.717, 1.165) is 6.07 Å². The fourth-order valence-corrected chi connectivity index (χ4v) is 2.28. The van der Waals surface area contributed by atoms with Gasteiger partial charge in [0.1, 0.15) is 11.2 Å². The smallest absolute Gasteiger partial charge is 0.310 e. The summed E-state index contributed by atoms with van der Waals surface area (Å²) < 4.78 is 65.0. The van der Waals surface area contributed by atoms with Gasteiger partial charge in [-0.2, -0.15) is 5.10 Å². The van der Waals surface area contributed by atoms with E-state index >= 15 is 0 Å². The molecule has 10 heteroatoms. The Labute approximate surface area is 117 Å². The largest absolute Gasteiger partial charge is 0.378 e. The molecule has 0 fully saturated rings. The average molecular weight is 328 g/mol. The van der Waals surface area contributed by atoms with Crippen molar-refractivity contribution in [2.24, 2.45) is 0 Å². The topological polar surface area (TPSA) is 42.7 Å². The van der Waals surface area contributed by atoms with Gasteiger partial charge < -0.3 is 5.32 Å². The molecular formula is C11H13F5N4S. The van der Waals surface area contributed by atoms with Gasteiger partial charge in [-0.15, -0.1) is 0 Å². The summed E-state index contributed by atoms with van der Waals surface area (Å²) in [6.45, 7) is 2.49. The zero-order valence-electron chi connectivity index (χ0n) is 10.9. The maximum Gasteiger partial charge on any atom is 0.310 e. The minimum Gasteiger partial charge on any atom is -0.378 e. The number of halogens is 5. The van der Waals surface area contributed by atoms with Crippen molar-refractivity contribution in [2.45, 2.75) is 24.9 Å². The number of hydrogen-bond acceptors (Lipinski definition) is 3. The minimum absolute atomic E-state index is 0.0385. The number of anilines is 1. The lowest BCUT2D eigenvalue weighted by molar-refractivity contribution is 0.364. The van der Waals surface area contributed by atoms with Crippen LogP contribution < -0.4 is 5.32 Å². The highest BCUT2D eigenvalue weighted by Gasteiger charge is 2.65. The summed E-state index contributed by atoms with van der Waals surface area (Å²) in [5.74, 6) is 0.356. The Morgan fingerprint density at radius 3 is 2.48 bits per heavy atom. The molecule has 118 valence electrons. The first-order valence-corrected chi connectivity index (χ1v) is 7.89. The van der Waals surface area contributed by atoms with Crippen molar-refractivity contribution < 1.29 is 19.4 Å². The summed E-state index contributed by atoms with van der Waals surface area (Å²) in [6, 6.07) is 2.94. The van der Waals surface area contributed by atoms with E-state index in [2.05, 4.69) is 15.4 Å². The van der Waals surface area contributed by atoms with Crippen molar-refractivity contribution in [2.75, 3.05) is 5.32 Å². The Balaban J connectivity index is 2.16. The van der Waals surface area contributed by atoms with Crippen LogP contribution >= 0.6 is 10.2 Å². The third-order valence-corrected chi connectivity index (χ3v) is 3.78. The second kappa shape index (κ2) is 4.33. The first-order valence-electron chi connectivity index (χ1n) is 5.94. The SMILES string of the molecule is CCn1cnc(CNc2cccc(S(F)(F)(F)(F)F)c2)n1. The minimum atomic E-state index is -9.66. The van der Waals surface area contributed by atoms with E-state index in [0.29, 0.717) is 24.5 Å². The Morgan fingerprint density at radius 1 is 1.19 bits per heavy atom. The molecule has 2 aromatic rings. The standard InChI is InChI=1S/C11H13F5N4S/c1-2-20-8-18-11(19-20)7-17-9-4-3-5-10(6-9)21(12,13,14,15)16/h3-6,8,17H,2,7H2,1H3. The number of nitrogens with zero attached hydrogens (tertiary/aromatic N) is 3. The summed E-state index contributed by atoms with van der Waals surface area (Å²) in [6.07, 6.45) is 1.47. The molecule has 1 aromatic heterocycles. The van der Waals surface area contributed by atoms with Crippen LogP contribution in [0, 0.1) is 0 Å². The van der Waals surface area contributed by atoms with E-state index in [4.69, 9.17) is 0 Å². The molecule has 0 aliphatic heterocycles. The summed E-state index contributed by atoms with van der Waals surface area (Å²) >= 11 is 0. The zero-order chi connectivity index (χ0) is 15.8. The van der Waals surface area contributed by atoms with Gasteiger partial charge in [0.05, 0.1) is 6.54 Å². The molecule has 0 aliphatic carbocycles. The van der Waals surface area contributed by atoms with Crippen molar-refractivity contribution in [1.29, 1.82) is 0 Å². The molecule has 0 atom stereocenters. The Hall–Kier alpha value is -1.84. The van der Waals surface area contributed by atoms with Gasteiger partial charge in [0.25, 0.3) is 0 Å². The fraction of sp³-hybridized carbons (Fsp3) is 0.273. The third-order valence-electron chi connectivity index (χ3n) is 2.64. The molecule has 0 bridgehead atoms.